The van der Waals surface area contributed by atoms with Crippen molar-refractivity contribution < 1.29 is 9.53 Å². The van der Waals surface area contributed by atoms with Crippen molar-refractivity contribution in [3.63, 3.8) is 0 Å². The molecule has 1 N–H and O–H groups in total. The summed E-state index contributed by atoms with van der Waals surface area (Å²) in [5.41, 5.74) is 2.11. The Morgan fingerprint density at radius 1 is 1.45 bits per heavy atom. The Morgan fingerprint density at radius 3 is 2.95 bits per heavy atom. The van der Waals surface area contributed by atoms with Gasteiger partial charge >= 0.3 is 0 Å². The fraction of sp³-hybridized carbons (Fsp3) is 0.375. The zero-order valence-electron chi connectivity index (χ0n) is 12.5. The van der Waals surface area contributed by atoms with Gasteiger partial charge in [0.25, 0.3) is 5.91 Å². The van der Waals surface area contributed by atoms with Gasteiger partial charge in [-0.3, -0.25) is 4.79 Å². The van der Waals surface area contributed by atoms with Gasteiger partial charge in [0.2, 0.25) is 0 Å². The Hall–Kier alpha value is -1.85. The topological polar surface area (TPSA) is 56.1 Å². The van der Waals surface area contributed by atoms with Crippen LogP contribution < -0.4 is 5.32 Å². The summed E-state index contributed by atoms with van der Waals surface area (Å²) in [5.74, 6) is -0.175. The van der Waals surface area contributed by atoms with E-state index in [1.54, 1.807) is 16.8 Å². The lowest BCUT2D eigenvalue weighted by Gasteiger charge is -2.14. The summed E-state index contributed by atoms with van der Waals surface area (Å²) in [6.07, 6.45) is 0.876. The lowest BCUT2D eigenvalue weighted by molar-refractivity contribution is 0.0861. The van der Waals surface area contributed by atoms with Crippen molar-refractivity contribution in [2.75, 3.05) is 6.61 Å². The average Bonchev–Trinajstić information content (AvgIpc) is 3.06. The van der Waals surface area contributed by atoms with Gasteiger partial charge in [-0.15, -0.1) is 0 Å². The van der Waals surface area contributed by atoms with Crippen molar-refractivity contribution >= 4 is 17.5 Å². The van der Waals surface area contributed by atoms with Crippen molar-refractivity contribution in [1.29, 1.82) is 0 Å². The van der Waals surface area contributed by atoms with Crippen molar-refractivity contribution in [1.82, 2.24) is 15.1 Å². The molecule has 0 radical (unpaired) electrons. The SMILES string of the molecule is Cc1cc(C(=O)N[C@@H]2CCO[C@@H]2C)nn1-c1cccc(Cl)c1. The highest BCUT2D eigenvalue weighted by Gasteiger charge is 2.27. The summed E-state index contributed by atoms with van der Waals surface area (Å²) in [7, 11) is 0. The Morgan fingerprint density at radius 2 is 2.27 bits per heavy atom. The first-order valence-corrected chi connectivity index (χ1v) is 7.67. The van der Waals surface area contributed by atoms with E-state index in [-0.39, 0.29) is 18.1 Å². The average molecular weight is 320 g/mol. The molecule has 1 aromatic heterocycles. The molecular weight excluding hydrogens is 302 g/mol. The van der Waals surface area contributed by atoms with Crippen LogP contribution >= 0.6 is 11.6 Å². The van der Waals surface area contributed by atoms with Gasteiger partial charge in [0, 0.05) is 17.3 Å². The molecule has 2 heterocycles. The molecule has 1 aliphatic heterocycles. The number of ether oxygens (including phenoxy) is 1. The van der Waals surface area contributed by atoms with E-state index in [9.17, 15) is 4.79 Å². The Bertz CT molecular complexity index is 698. The van der Waals surface area contributed by atoms with E-state index < -0.39 is 0 Å². The highest BCUT2D eigenvalue weighted by Crippen LogP contribution is 2.18. The number of carbonyl (C=O) groups excluding carboxylic acids is 1. The van der Waals surface area contributed by atoms with Crippen LogP contribution in [0.3, 0.4) is 0 Å². The molecule has 1 aliphatic rings. The maximum absolute atomic E-state index is 12.3. The van der Waals surface area contributed by atoms with E-state index in [2.05, 4.69) is 10.4 Å². The Kier molecular flexibility index (Phi) is 4.18. The number of carbonyl (C=O) groups is 1. The van der Waals surface area contributed by atoms with Crippen molar-refractivity contribution in [3.8, 4) is 5.69 Å². The molecular formula is C16H18ClN3O2. The first-order valence-electron chi connectivity index (χ1n) is 7.29. The minimum atomic E-state index is -0.175. The summed E-state index contributed by atoms with van der Waals surface area (Å²) >= 11 is 6.01. The van der Waals surface area contributed by atoms with Crippen LogP contribution in [0.4, 0.5) is 0 Å². The van der Waals surface area contributed by atoms with Crippen molar-refractivity contribution in [2.45, 2.75) is 32.4 Å². The number of benzene rings is 1. The third-order valence-corrected chi connectivity index (χ3v) is 4.10. The molecule has 0 spiro atoms. The monoisotopic (exact) mass is 319 g/mol. The minimum Gasteiger partial charge on any atom is -0.376 e. The maximum Gasteiger partial charge on any atom is 0.272 e. The van der Waals surface area contributed by atoms with Gasteiger partial charge in [0.05, 0.1) is 17.8 Å². The van der Waals surface area contributed by atoms with Gasteiger partial charge in [-0.1, -0.05) is 17.7 Å². The van der Waals surface area contributed by atoms with Gasteiger partial charge in [-0.05, 0) is 44.5 Å². The third kappa shape index (κ3) is 3.00. The van der Waals surface area contributed by atoms with Gasteiger partial charge in [0.1, 0.15) is 0 Å². The van der Waals surface area contributed by atoms with Crippen LogP contribution in [-0.4, -0.2) is 34.4 Å². The summed E-state index contributed by atoms with van der Waals surface area (Å²) < 4.78 is 7.18. The Labute approximate surface area is 134 Å². The molecule has 1 aromatic carbocycles. The van der Waals surface area contributed by atoms with E-state index in [0.29, 0.717) is 17.3 Å². The second kappa shape index (κ2) is 6.10. The fourth-order valence-corrected chi connectivity index (χ4v) is 2.80. The van der Waals surface area contributed by atoms with Crippen LogP contribution in [0.2, 0.25) is 5.02 Å². The van der Waals surface area contributed by atoms with E-state index in [1.165, 1.54) is 0 Å². The number of amides is 1. The quantitative estimate of drug-likeness (QED) is 0.946. The van der Waals surface area contributed by atoms with E-state index in [1.807, 2.05) is 32.0 Å². The molecule has 0 aliphatic carbocycles. The minimum absolute atomic E-state index is 0.0417. The molecule has 0 saturated carbocycles. The standard InChI is InChI=1S/C16H18ClN3O2/c1-10-8-15(16(21)18-14-6-7-22-11(14)2)19-20(10)13-5-3-4-12(17)9-13/h3-5,8-9,11,14H,6-7H2,1-2H3,(H,18,21)/t11-,14-/m1/s1. The summed E-state index contributed by atoms with van der Waals surface area (Å²) in [6, 6.07) is 9.20. The molecule has 3 rings (SSSR count). The number of aryl methyl sites for hydroxylation is 1. The largest absolute Gasteiger partial charge is 0.376 e. The van der Waals surface area contributed by atoms with Gasteiger partial charge < -0.3 is 10.1 Å². The van der Waals surface area contributed by atoms with Crippen molar-refractivity contribution in [2.24, 2.45) is 0 Å². The number of nitrogens with zero attached hydrogens (tertiary/aromatic N) is 2. The highest BCUT2D eigenvalue weighted by molar-refractivity contribution is 6.30. The maximum atomic E-state index is 12.3. The predicted molar refractivity (Wildman–Crippen MR) is 84.6 cm³/mol. The van der Waals surface area contributed by atoms with Crippen LogP contribution in [0, 0.1) is 6.92 Å². The van der Waals surface area contributed by atoms with Gasteiger partial charge in [-0.25, -0.2) is 4.68 Å². The zero-order chi connectivity index (χ0) is 15.7. The lowest BCUT2D eigenvalue weighted by Crippen LogP contribution is -2.39. The second-order valence-electron chi connectivity index (χ2n) is 5.51. The number of hydrogen-bond acceptors (Lipinski definition) is 3. The lowest BCUT2D eigenvalue weighted by atomic mass is 10.1. The van der Waals surface area contributed by atoms with Crippen LogP contribution in [0.25, 0.3) is 5.69 Å². The highest BCUT2D eigenvalue weighted by atomic mass is 35.5. The van der Waals surface area contributed by atoms with Crippen LogP contribution in [0.1, 0.15) is 29.5 Å². The van der Waals surface area contributed by atoms with Gasteiger partial charge in [-0.2, -0.15) is 5.10 Å². The number of aromatic nitrogens is 2. The molecule has 116 valence electrons. The molecule has 2 atom stereocenters. The molecule has 1 fully saturated rings. The summed E-state index contributed by atoms with van der Waals surface area (Å²) in [6.45, 7) is 4.56. The molecule has 0 bridgehead atoms. The zero-order valence-corrected chi connectivity index (χ0v) is 13.3. The summed E-state index contributed by atoms with van der Waals surface area (Å²) in [5, 5.41) is 8.01. The van der Waals surface area contributed by atoms with Crippen molar-refractivity contribution in [3.05, 3.63) is 46.7 Å². The number of hydrogen-bond donors (Lipinski definition) is 1. The van der Waals surface area contributed by atoms with E-state index >= 15 is 0 Å². The molecule has 6 heteroatoms. The fourth-order valence-electron chi connectivity index (χ4n) is 2.62. The smallest absolute Gasteiger partial charge is 0.272 e. The van der Waals surface area contributed by atoms with Crippen LogP contribution in [-0.2, 0) is 4.74 Å². The molecule has 0 unspecified atom stereocenters. The second-order valence-corrected chi connectivity index (χ2v) is 5.94. The third-order valence-electron chi connectivity index (χ3n) is 3.87. The first-order chi connectivity index (χ1) is 10.5. The first kappa shape index (κ1) is 15.1. The molecule has 5 nitrogen and oxygen atoms in total. The number of halogens is 1. The Balaban J connectivity index is 1.81. The predicted octanol–water partition coefficient (Wildman–Crippen LogP) is 2.74. The summed E-state index contributed by atoms with van der Waals surface area (Å²) in [4.78, 5) is 12.3. The number of rotatable bonds is 3. The van der Waals surface area contributed by atoms with E-state index in [4.69, 9.17) is 16.3 Å². The molecule has 1 amide bonds. The van der Waals surface area contributed by atoms with Gasteiger partial charge in [0.15, 0.2) is 5.69 Å². The van der Waals surface area contributed by atoms with E-state index in [0.717, 1.165) is 17.8 Å². The number of nitrogens with one attached hydrogen (secondary N) is 1. The molecule has 1 saturated heterocycles. The normalized spacial score (nSPS) is 21.0. The van der Waals surface area contributed by atoms with Crippen LogP contribution in [0.5, 0.6) is 0 Å². The molecule has 2 aromatic rings. The van der Waals surface area contributed by atoms with Crippen LogP contribution in [0.15, 0.2) is 30.3 Å². The molecule has 22 heavy (non-hydrogen) atoms.